The predicted molar refractivity (Wildman–Crippen MR) is 286 cm³/mol. The Hall–Kier alpha value is -7.72. The molecule has 4 amide bonds. The first-order chi connectivity index (χ1) is 35.7. The van der Waals surface area contributed by atoms with Crippen LogP contribution in [0.1, 0.15) is 158 Å². The van der Waals surface area contributed by atoms with Gasteiger partial charge in [-0.2, -0.15) is 0 Å². The monoisotopic (exact) mass is 1020 g/mol. The van der Waals surface area contributed by atoms with Crippen molar-refractivity contribution in [3.05, 3.63) is 154 Å². The summed E-state index contributed by atoms with van der Waals surface area (Å²) in [4.78, 5) is 98.9. The molecule has 0 saturated carbocycles. The molecule has 4 aromatic rings. The number of imide groups is 2. The van der Waals surface area contributed by atoms with E-state index in [1.165, 1.54) is 6.26 Å². The Kier molecular flexibility index (Phi) is 34.0. The van der Waals surface area contributed by atoms with Crippen molar-refractivity contribution in [3.8, 4) is 11.5 Å². The summed E-state index contributed by atoms with van der Waals surface area (Å²) in [5.74, 6) is -2.72. The molecule has 402 valence electrons. The first-order valence-electron chi connectivity index (χ1n) is 25.0. The highest BCUT2D eigenvalue weighted by molar-refractivity contribution is 6.23. The number of aliphatic hydroxyl groups excluding tert-OH is 1. The number of ketones is 2. The number of benzene rings is 4. The summed E-state index contributed by atoms with van der Waals surface area (Å²) in [5, 5.41) is 7.88. The topological polar surface area (TPSA) is 209 Å². The van der Waals surface area contributed by atoms with Gasteiger partial charge in [0.1, 0.15) is 51.0 Å². The van der Waals surface area contributed by atoms with Crippen LogP contribution in [0.25, 0.3) is 0 Å². The zero-order valence-corrected chi connectivity index (χ0v) is 45.2. The maximum absolute atomic E-state index is 12.3. The van der Waals surface area contributed by atoms with Gasteiger partial charge < -0.3 is 28.8 Å². The molecule has 2 aliphatic heterocycles. The van der Waals surface area contributed by atoms with Crippen LogP contribution in [0.3, 0.4) is 0 Å². The number of fused-ring (bicyclic) bond motifs is 2. The number of hydrogen-bond donors (Lipinski definition) is 1. The van der Waals surface area contributed by atoms with Gasteiger partial charge in [-0.1, -0.05) is 100 Å². The number of amides is 4. The minimum atomic E-state index is -0.707. The van der Waals surface area contributed by atoms with Gasteiger partial charge in [-0.15, -0.1) is 0 Å². The number of aliphatic hydroxyl groups is 1. The Labute approximate surface area is 437 Å². The van der Waals surface area contributed by atoms with Gasteiger partial charge in [0.25, 0.3) is 23.6 Å². The molecule has 6 rings (SSSR count). The summed E-state index contributed by atoms with van der Waals surface area (Å²) in [6.45, 7) is 26.9. The van der Waals surface area contributed by atoms with Crippen LogP contribution in [-0.4, -0.2) is 115 Å². The second kappa shape index (κ2) is 38.0. The van der Waals surface area contributed by atoms with E-state index in [-0.39, 0.29) is 60.2 Å². The average molecular weight is 1030 g/mol. The Morgan fingerprint density at radius 3 is 1.12 bits per heavy atom. The molecule has 0 fully saturated rings. The van der Waals surface area contributed by atoms with Crippen molar-refractivity contribution in [2.75, 3.05) is 52.7 Å². The van der Waals surface area contributed by atoms with Crippen molar-refractivity contribution < 1.29 is 67.1 Å². The lowest BCUT2D eigenvalue weighted by Crippen LogP contribution is -2.36. The molecule has 1 N–H and O–H groups in total. The third-order valence-electron chi connectivity index (χ3n) is 9.35. The van der Waals surface area contributed by atoms with E-state index in [1.54, 1.807) is 111 Å². The molecular weight excluding hydrogens is 949 g/mol. The SMILES string of the molecule is C=C(C)C(=O)c1ccc(OCCOC(=O)CN2C(=O)c3ccccc3C2=O)cc1.CC.CC.CC.CC.CCCO.CCCO/C=C(\C)C(=O)c1ccc(OCCOC(=O)CN2C(=O)c3ccccc3C2=O)cc1. The molecule has 0 aromatic heterocycles. The van der Waals surface area contributed by atoms with Crippen LogP contribution < -0.4 is 9.47 Å². The van der Waals surface area contributed by atoms with E-state index >= 15 is 0 Å². The summed E-state index contributed by atoms with van der Waals surface area (Å²) in [7, 11) is 0. The zero-order chi connectivity index (χ0) is 56.2. The van der Waals surface area contributed by atoms with Crippen LogP contribution in [0.5, 0.6) is 11.5 Å². The molecule has 2 heterocycles. The lowest BCUT2D eigenvalue weighted by Gasteiger charge is -2.13. The highest BCUT2D eigenvalue weighted by atomic mass is 16.6. The molecule has 0 spiro atoms. The number of esters is 2. The summed E-state index contributed by atoms with van der Waals surface area (Å²) in [6.07, 6.45) is 3.20. The first-order valence-corrected chi connectivity index (χ1v) is 25.0. The molecule has 4 aromatic carbocycles. The molecule has 0 radical (unpaired) electrons. The van der Waals surface area contributed by atoms with Crippen molar-refractivity contribution in [3.63, 3.8) is 0 Å². The largest absolute Gasteiger partial charge is 0.501 e. The van der Waals surface area contributed by atoms with Gasteiger partial charge in [-0.3, -0.25) is 48.2 Å². The molecule has 16 nitrogen and oxygen atoms in total. The van der Waals surface area contributed by atoms with E-state index in [0.29, 0.717) is 47.0 Å². The molecule has 0 saturated heterocycles. The molecule has 74 heavy (non-hydrogen) atoms. The van der Waals surface area contributed by atoms with E-state index in [4.69, 9.17) is 28.8 Å². The highest BCUT2D eigenvalue weighted by Gasteiger charge is 2.37. The molecule has 2 aliphatic rings. The van der Waals surface area contributed by atoms with Gasteiger partial charge in [0.05, 0.1) is 35.1 Å². The number of hydrogen-bond acceptors (Lipinski definition) is 14. The summed E-state index contributed by atoms with van der Waals surface area (Å²) >= 11 is 0. The van der Waals surface area contributed by atoms with Gasteiger partial charge in [0, 0.05) is 23.3 Å². The van der Waals surface area contributed by atoms with Crippen LogP contribution in [0, 0.1) is 0 Å². The fourth-order valence-corrected chi connectivity index (χ4v) is 5.98. The number of Topliss-reactive ketones (excluding diaryl/α,β-unsaturated/α-hetero) is 2. The number of rotatable bonds is 20. The van der Waals surface area contributed by atoms with Crippen molar-refractivity contribution in [2.24, 2.45) is 0 Å². The van der Waals surface area contributed by atoms with Gasteiger partial charge in [-0.25, -0.2) is 0 Å². The smallest absolute Gasteiger partial charge is 0.326 e. The Balaban J connectivity index is 0.00000120. The molecule has 0 unspecified atom stereocenters. The second-order valence-electron chi connectivity index (χ2n) is 14.5. The lowest BCUT2D eigenvalue weighted by molar-refractivity contribution is -0.145. The normalized spacial score (nSPS) is 11.4. The third-order valence-corrected chi connectivity index (χ3v) is 9.35. The maximum atomic E-state index is 12.3. The molecule has 0 bridgehead atoms. The fraction of sp³-hybridized carbons (Fsp3) is 0.379. The number of carbonyl (C=O) groups excluding carboxylic acids is 8. The zero-order valence-electron chi connectivity index (χ0n) is 45.2. The van der Waals surface area contributed by atoms with Crippen molar-refractivity contribution in [1.82, 2.24) is 9.80 Å². The van der Waals surface area contributed by atoms with Gasteiger partial charge in [0.2, 0.25) is 0 Å². The van der Waals surface area contributed by atoms with E-state index in [1.807, 2.05) is 69.2 Å². The van der Waals surface area contributed by atoms with Crippen LogP contribution in [-0.2, 0) is 23.8 Å². The maximum Gasteiger partial charge on any atom is 0.326 e. The van der Waals surface area contributed by atoms with Crippen LogP contribution in [0.2, 0.25) is 0 Å². The van der Waals surface area contributed by atoms with Crippen molar-refractivity contribution in [2.45, 2.75) is 95.9 Å². The van der Waals surface area contributed by atoms with E-state index in [9.17, 15) is 38.4 Å². The number of carbonyl (C=O) groups is 8. The number of allylic oxidation sites excluding steroid dienone is 2. The lowest BCUT2D eigenvalue weighted by atomic mass is 10.1. The summed E-state index contributed by atoms with van der Waals surface area (Å²) in [6, 6.07) is 25.9. The predicted octanol–water partition coefficient (Wildman–Crippen LogP) is 10.6. The van der Waals surface area contributed by atoms with Gasteiger partial charge in [-0.05, 0) is 105 Å². The van der Waals surface area contributed by atoms with E-state index in [2.05, 4.69) is 6.58 Å². The molecule has 0 atom stereocenters. The van der Waals surface area contributed by atoms with Crippen molar-refractivity contribution in [1.29, 1.82) is 0 Å². The van der Waals surface area contributed by atoms with E-state index < -0.39 is 48.7 Å². The third kappa shape index (κ3) is 21.2. The van der Waals surface area contributed by atoms with E-state index in [0.717, 1.165) is 22.6 Å². The first kappa shape index (κ1) is 66.3. The van der Waals surface area contributed by atoms with Gasteiger partial charge in [0.15, 0.2) is 11.6 Å². The minimum Gasteiger partial charge on any atom is -0.501 e. The Morgan fingerprint density at radius 2 is 0.824 bits per heavy atom. The standard InChI is InChI=1S/C25H25NO7.C22H19NO6.C3H8O.4C2H6/c1-3-12-31-16-17(2)23(28)18-8-10-19(11-9-18)32-13-14-33-22(27)15-26-24(29)20-6-4-5-7-21(20)25(26)30;1-14(2)20(25)15-7-9-16(10-8-15)28-11-12-29-19(24)13-23-21(26)17-5-3-4-6-18(17)22(23)27;1-2-3-4;4*1-2/h4-11,16H,3,12-15H2,1-2H3;3-10H,1,11-13H2,2H3;4H,2-3H2,1H3;4*1-2H3/b17-16+;;;;;;. The highest BCUT2D eigenvalue weighted by Crippen LogP contribution is 2.24. The fourth-order valence-electron chi connectivity index (χ4n) is 5.98. The van der Waals surface area contributed by atoms with Gasteiger partial charge >= 0.3 is 11.9 Å². The molecule has 16 heteroatoms. The van der Waals surface area contributed by atoms with Crippen LogP contribution in [0.15, 0.2) is 121 Å². The number of ether oxygens (including phenoxy) is 5. The molecule has 0 aliphatic carbocycles. The van der Waals surface area contributed by atoms with Crippen LogP contribution >= 0.6 is 0 Å². The quantitative estimate of drug-likeness (QED) is 0.0218. The summed E-state index contributed by atoms with van der Waals surface area (Å²) < 4.78 is 26.4. The summed E-state index contributed by atoms with van der Waals surface area (Å²) in [5.41, 5.74) is 3.08. The minimum absolute atomic E-state index is 0.0472. The Bertz CT molecular complexity index is 2370. The Morgan fingerprint density at radius 1 is 0.500 bits per heavy atom. The second-order valence-corrected chi connectivity index (χ2v) is 14.5. The van der Waals surface area contributed by atoms with Crippen LogP contribution in [0.4, 0.5) is 0 Å². The molecular formula is C58H76N2O14. The number of nitrogens with zero attached hydrogens (tertiary/aromatic N) is 2. The average Bonchev–Trinajstić information content (AvgIpc) is 3.83. The van der Waals surface area contributed by atoms with Crippen molar-refractivity contribution >= 4 is 47.1 Å².